The molecule has 0 aliphatic rings. The van der Waals surface area contributed by atoms with E-state index >= 15 is 0 Å². The number of carbonyl (C=O) groups is 2. The van der Waals surface area contributed by atoms with E-state index in [-0.39, 0.29) is 24.3 Å². The largest absolute Gasteiger partial charge is 0.497 e. The lowest BCUT2D eigenvalue weighted by Crippen LogP contribution is -2.52. The van der Waals surface area contributed by atoms with E-state index in [9.17, 15) is 9.59 Å². The zero-order valence-corrected chi connectivity index (χ0v) is 22.1. The Morgan fingerprint density at radius 3 is 2.14 bits per heavy atom. The number of halogens is 1. The first-order valence-electron chi connectivity index (χ1n) is 11.9. The van der Waals surface area contributed by atoms with Crippen molar-refractivity contribution in [2.75, 3.05) is 7.11 Å². The molecule has 3 aromatic rings. The smallest absolute Gasteiger partial charge is 0.243 e. The van der Waals surface area contributed by atoms with Crippen molar-refractivity contribution >= 4 is 27.7 Å². The van der Waals surface area contributed by atoms with Crippen molar-refractivity contribution in [3.8, 4) is 5.75 Å². The summed E-state index contributed by atoms with van der Waals surface area (Å²) in [6.45, 7) is 4.36. The lowest BCUT2D eigenvalue weighted by molar-refractivity contribution is -0.141. The molecule has 3 aromatic carbocycles. The van der Waals surface area contributed by atoms with Gasteiger partial charge in [-0.1, -0.05) is 77.5 Å². The maximum absolute atomic E-state index is 13.7. The minimum absolute atomic E-state index is 0.0204. The molecule has 0 fully saturated rings. The fraction of sp³-hybridized carbons (Fsp3) is 0.310. The molecular weight excluding hydrogens is 504 g/mol. The zero-order valence-electron chi connectivity index (χ0n) is 20.5. The van der Waals surface area contributed by atoms with Crippen LogP contribution in [0.5, 0.6) is 5.75 Å². The summed E-state index contributed by atoms with van der Waals surface area (Å²) in [6.07, 6.45) is 1.45. The average Bonchev–Trinajstić information content (AvgIpc) is 2.88. The Morgan fingerprint density at radius 2 is 1.54 bits per heavy atom. The van der Waals surface area contributed by atoms with Crippen molar-refractivity contribution in [3.63, 3.8) is 0 Å². The number of nitrogens with one attached hydrogen (secondary N) is 1. The SMILES string of the molecule is CC[C@H](C)NC(=O)[C@H](Cc1ccccc1)N(Cc1ccc(Br)cc1)C(=O)Cc1ccc(OC)cc1. The van der Waals surface area contributed by atoms with Crippen molar-refractivity contribution in [2.45, 2.75) is 51.7 Å². The third-order valence-electron chi connectivity index (χ3n) is 6.05. The van der Waals surface area contributed by atoms with Crippen LogP contribution in [0.4, 0.5) is 0 Å². The number of methoxy groups -OCH3 is 1. The van der Waals surface area contributed by atoms with Gasteiger partial charge in [-0.2, -0.15) is 0 Å². The Morgan fingerprint density at radius 1 is 0.914 bits per heavy atom. The quantitative estimate of drug-likeness (QED) is 0.349. The second-order valence-electron chi connectivity index (χ2n) is 8.70. The van der Waals surface area contributed by atoms with Gasteiger partial charge in [0.2, 0.25) is 11.8 Å². The molecule has 0 saturated heterocycles. The molecule has 0 bridgehead atoms. The third-order valence-corrected chi connectivity index (χ3v) is 6.58. The molecule has 2 atom stereocenters. The zero-order chi connectivity index (χ0) is 25.2. The summed E-state index contributed by atoms with van der Waals surface area (Å²) in [5.74, 6) is 0.504. The van der Waals surface area contributed by atoms with E-state index in [0.717, 1.165) is 33.3 Å². The molecule has 0 aliphatic carbocycles. The van der Waals surface area contributed by atoms with Crippen LogP contribution in [0.2, 0.25) is 0 Å². The first-order valence-corrected chi connectivity index (χ1v) is 12.7. The highest BCUT2D eigenvalue weighted by molar-refractivity contribution is 9.10. The molecule has 184 valence electrons. The minimum atomic E-state index is -0.638. The van der Waals surface area contributed by atoms with Crippen LogP contribution in [0.1, 0.15) is 37.0 Å². The van der Waals surface area contributed by atoms with Gasteiger partial charge in [-0.05, 0) is 54.3 Å². The van der Waals surface area contributed by atoms with Crippen molar-refractivity contribution in [1.82, 2.24) is 10.2 Å². The molecule has 0 aromatic heterocycles. The molecule has 6 heteroatoms. The highest BCUT2D eigenvalue weighted by Crippen LogP contribution is 2.19. The van der Waals surface area contributed by atoms with Crippen molar-refractivity contribution in [2.24, 2.45) is 0 Å². The standard InChI is InChI=1S/C29H33BrN2O3/c1-4-21(2)31-29(34)27(18-22-8-6-5-7-9-22)32(20-24-10-14-25(30)15-11-24)28(33)19-23-12-16-26(35-3)17-13-23/h5-17,21,27H,4,18-20H2,1-3H3,(H,31,34)/t21-,27-/m0/s1. The molecule has 2 amide bonds. The molecule has 1 N–H and O–H groups in total. The highest BCUT2D eigenvalue weighted by atomic mass is 79.9. The molecule has 0 heterocycles. The van der Waals surface area contributed by atoms with Crippen molar-refractivity contribution in [3.05, 3.63) is 100 Å². The number of amides is 2. The van der Waals surface area contributed by atoms with Crippen LogP contribution in [0.15, 0.2) is 83.3 Å². The number of hydrogen-bond donors (Lipinski definition) is 1. The first-order chi connectivity index (χ1) is 16.9. The van der Waals surface area contributed by atoms with Gasteiger partial charge in [-0.3, -0.25) is 9.59 Å². The van der Waals surface area contributed by atoms with E-state index in [1.54, 1.807) is 12.0 Å². The number of ether oxygens (including phenoxy) is 1. The summed E-state index contributed by atoms with van der Waals surface area (Å²) in [7, 11) is 1.62. The molecule has 5 nitrogen and oxygen atoms in total. The van der Waals surface area contributed by atoms with Gasteiger partial charge < -0.3 is 15.0 Å². The fourth-order valence-electron chi connectivity index (χ4n) is 3.80. The molecule has 0 aliphatic heterocycles. The maximum atomic E-state index is 13.7. The first kappa shape index (κ1) is 26.5. The Kier molecular flexibility index (Phi) is 9.91. The van der Waals surface area contributed by atoms with Crippen molar-refractivity contribution < 1.29 is 14.3 Å². The van der Waals surface area contributed by atoms with Gasteiger partial charge in [0.1, 0.15) is 11.8 Å². The van der Waals surface area contributed by atoms with Crippen LogP contribution in [0, 0.1) is 0 Å². The number of benzene rings is 3. The monoisotopic (exact) mass is 536 g/mol. The number of hydrogen-bond acceptors (Lipinski definition) is 3. The lowest BCUT2D eigenvalue weighted by atomic mass is 10.0. The van der Waals surface area contributed by atoms with Gasteiger partial charge in [-0.15, -0.1) is 0 Å². The molecule has 0 unspecified atom stereocenters. The summed E-state index contributed by atoms with van der Waals surface area (Å²) in [4.78, 5) is 29.0. The molecule has 0 saturated carbocycles. The lowest BCUT2D eigenvalue weighted by Gasteiger charge is -2.32. The van der Waals surface area contributed by atoms with E-state index in [2.05, 4.69) is 21.2 Å². The van der Waals surface area contributed by atoms with Crippen molar-refractivity contribution in [1.29, 1.82) is 0 Å². The molecule has 3 rings (SSSR count). The summed E-state index contributed by atoms with van der Waals surface area (Å²) in [5.41, 5.74) is 2.85. The minimum Gasteiger partial charge on any atom is -0.497 e. The fourth-order valence-corrected chi connectivity index (χ4v) is 4.07. The Hall–Kier alpha value is -3.12. The van der Waals surface area contributed by atoms with E-state index < -0.39 is 6.04 Å². The average molecular weight is 537 g/mol. The predicted molar refractivity (Wildman–Crippen MR) is 143 cm³/mol. The molecular formula is C29H33BrN2O3. The van der Waals surface area contributed by atoms with Crippen LogP contribution in [-0.2, 0) is 29.0 Å². The summed E-state index contributed by atoms with van der Waals surface area (Å²) in [5, 5.41) is 3.10. The van der Waals surface area contributed by atoms with Crippen LogP contribution in [0.3, 0.4) is 0 Å². The van der Waals surface area contributed by atoms with Crippen LogP contribution < -0.4 is 10.1 Å². The number of carbonyl (C=O) groups excluding carboxylic acids is 2. The molecule has 0 radical (unpaired) electrons. The second-order valence-corrected chi connectivity index (χ2v) is 9.61. The summed E-state index contributed by atoms with van der Waals surface area (Å²) < 4.78 is 6.21. The van der Waals surface area contributed by atoms with Gasteiger partial charge in [0.05, 0.1) is 13.5 Å². The van der Waals surface area contributed by atoms with Crippen LogP contribution >= 0.6 is 15.9 Å². The Balaban J connectivity index is 1.94. The van der Waals surface area contributed by atoms with E-state index in [1.807, 2.05) is 92.7 Å². The van der Waals surface area contributed by atoms with Gasteiger partial charge in [0.15, 0.2) is 0 Å². The Labute approximate surface area is 216 Å². The topological polar surface area (TPSA) is 58.6 Å². The van der Waals surface area contributed by atoms with Gasteiger partial charge in [-0.25, -0.2) is 0 Å². The van der Waals surface area contributed by atoms with Crippen LogP contribution in [0.25, 0.3) is 0 Å². The van der Waals surface area contributed by atoms with E-state index in [0.29, 0.717) is 13.0 Å². The third kappa shape index (κ3) is 7.96. The van der Waals surface area contributed by atoms with Gasteiger partial charge >= 0.3 is 0 Å². The maximum Gasteiger partial charge on any atom is 0.243 e. The highest BCUT2D eigenvalue weighted by Gasteiger charge is 2.31. The molecule has 0 spiro atoms. The summed E-state index contributed by atoms with van der Waals surface area (Å²) >= 11 is 3.47. The van der Waals surface area contributed by atoms with E-state index in [4.69, 9.17) is 4.74 Å². The summed E-state index contributed by atoms with van der Waals surface area (Å²) in [6, 6.07) is 24.6. The Bertz CT molecular complexity index is 1090. The number of rotatable bonds is 11. The predicted octanol–water partition coefficient (Wildman–Crippen LogP) is 5.56. The van der Waals surface area contributed by atoms with Gasteiger partial charge in [0.25, 0.3) is 0 Å². The normalized spacial score (nSPS) is 12.5. The van der Waals surface area contributed by atoms with E-state index in [1.165, 1.54) is 0 Å². The van der Waals surface area contributed by atoms with Gasteiger partial charge in [0, 0.05) is 23.5 Å². The second kappa shape index (κ2) is 13.1. The number of nitrogens with zero attached hydrogens (tertiary/aromatic N) is 1. The van der Waals surface area contributed by atoms with Crippen LogP contribution in [-0.4, -0.2) is 35.9 Å². The molecule has 35 heavy (non-hydrogen) atoms.